The first-order chi connectivity index (χ1) is 5.36. The highest BCUT2D eigenvalue weighted by Crippen LogP contribution is 2.21. The molecule has 0 aromatic heterocycles. The van der Waals surface area contributed by atoms with Gasteiger partial charge in [0.25, 0.3) is 0 Å². The van der Waals surface area contributed by atoms with E-state index >= 15 is 0 Å². The number of hydrogen-bond acceptors (Lipinski definition) is 1. The Kier molecular flexibility index (Phi) is 1.39. The molecular formula is C9H10NO+. The Morgan fingerprint density at radius 1 is 1.55 bits per heavy atom. The molecule has 2 nitrogen and oxygen atoms in total. The molecule has 0 bridgehead atoms. The normalized spacial score (nSPS) is 21.0. The van der Waals surface area contributed by atoms with Crippen LogP contribution in [0.5, 0.6) is 0 Å². The van der Waals surface area contributed by atoms with E-state index in [0.717, 1.165) is 12.2 Å². The molecule has 0 spiro atoms. The van der Waals surface area contributed by atoms with E-state index in [1.165, 1.54) is 5.57 Å². The van der Waals surface area contributed by atoms with E-state index in [2.05, 4.69) is 12.3 Å². The van der Waals surface area contributed by atoms with Gasteiger partial charge in [-0.15, -0.1) is 0 Å². The minimum Gasteiger partial charge on any atom is -0.410 e. The quantitative estimate of drug-likeness (QED) is 0.473. The minimum atomic E-state index is 0.976. The first-order valence-electron chi connectivity index (χ1n) is 3.66. The third-order valence-corrected chi connectivity index (χ3v) is 1.74. The number of hydrogen-bond donors (Lipinski definition) is 0. The summed E-state index contributed by atoms with van der Waals surface area (Å²) in [5.74, 6) is 0.977. The maximum Gasteiger partial charge on any atom is 0.334 e. The van der Waals surface area contributed by atoms with Crippen molar-refractivity contribution in [3.05, 3.63) is 35.8 Å². The van der Waals surface area contributed by atoms with E-state index in [4.69, 9.17) is 4.74 Å². The molecule has 0 atom stereocenters. The van der Waals surface area contributed by atoms with E-state index in [9.17, 15) is 0 Å². The summed E-state index contributed by atoms with van der Waals surface area (Å²) >= 11 is 0. The fraction of sp³-hybridized carbons (Fsp3) is 0.222. The molecule has 1 aliphatic heterocycles. The van der Waals surface area contributed by atoms with Crippen molar-refractivity contribution in [2.75, 3.05) is 7.05 Å². The van der Waals surface area contributed by atoms with Crippen LogP contribution < -0.4 is 0 Å². The van der Waals surface area contributed by atoms with Crippen LogP contribution in [-0.2, 0) is 4.74 Å². The molecular weight excluding hydrogens is 138 g/mol. The molecule has 11 heavy (non-hydrogen) atoms. The summed E-state index contributed by atoms with van der Waals surface area (Å²) in [4.78, 5) is 0. The lowest BCUT2D eigenvalue weighted by molar-refractivity contribution is -0.429. The van der Waals surface area contributed by atoms with Gasteiger partial charge in [-0.05, 0) is 6.08 Å². The molecule has 0 amide bonds. The highest BCUT2D eigenvalue weighted by atomic mass is 16.5. The SMILES string of the molecule is C[N+]1=COC2=CC=CCC2=C1. The molecule has 56 valence electrons. The van der Waals surface area contributed by atoms with Crippen molar-refractivity contribution in [2.45, 2.75) is 6.42 Å². The summed E-state index contributed by atoms with van der Waals surface area (Å²) in [5.41, 5.74) is 1.25. The van der Waals surface area contributed by atoms with Crippen LogP contribution in [0.4, 0.5) is 0 Å². The average Bonchev–Trinajstić information content (AvgIpc) is 2.04. The molecule has 2 aliphatic rings. The molecule has 0 N–H and O–H groups in total. The highest BCUT2D eigenvalue weighted by Gasteiger charge is 2.15. The van der Waals surface area contributed by atoms with Gasteiger partial charge in [0, 0.05) is 6.42 Å². The van der Waals surface area contributed by atoms with Gasteiger partial charge < -0.3 is 4.74 Å². The lowest BCUT2D eigenvalue weighted by atomic mass is 10.1. The van der Waals surface area contributed by atoms with Crippen LogP contribution in [-0.4, -0.2) is 18.0 Å². The maximum absolute atomic E-state index is 5.34. The van der Waals surface area contributed by atoms with E-state index in [1.54, 1.807) is 6.40 Å². The molecule has 1 heterocycles. The van der Waals surface area contributed by atoms with Gasteiger partial charge in [0.15, 0.2) is 6.20 Å². The van der Waals surface area contributed by atoms with Crippen LogP contribution in [0.2, 0.25) is 0 Å². The Bertz CT molecular complexity index is 295. The first kappa shape index (κ1) is 6.40. The van der Waals surface area contributed by atoms with Crippen molar-refractivity contribution in [1.29, 1.82) is 0 Å². The zero-order valence-electron chi connectivity index (χ0n) is 6.45. The lowest BCUT2D eigenvalue weighted by Gasteiger charge is -2.12. The van der Waals surface area contributed by atoms with E-state index in [0.29, 0.717) is 0 Å². The first-order valence-corrected chi connectivity index (χ1v) is 3.66. The minimum absolute atomic E-state index is 0.976. The number of ether oxygens (including phenoxy) is 1. The van der Waals surface area contributed by atoms with Crippen LogP contribution in [0, 0.1) is 0 Å². The summed E-state index contributed by atoms with van der Waals surface area (Å²) < 4.78 is 7.26. The Morgan fingerprint density at radius 3 is 3.36 bits per heavy atom. The smallest absolute Gasteiger partial charge is 0.334 e. The van der Waals surface area contributed by atoms with Gasteiger partial charge in [0.1, 0.15) is 12.8 Å². The molecule has 2 heteroatoms. The van der Waals surface area contributed by atoms with Crippen LogP contribution >= 0.6 is 0 Å². The van der Waals surface area contributed by atoms with E-state index in [-0.39, 0.29) is 0 Å². The molecule has 0 unspecified atom stereocenters. The van der Waals surface area contributed by atoms with Gasteiger partial charge >= 0.3 is 6.40 Å². The third-order valence-electron chi connectivity index (χ3n) is 1.74. The zero-order chi connectivity index (χ0) is 7.68. The maximum atomic E-state index is 5.34. The van der Waals surface area contributed by atoms with Crippen LogP contribution in [0.3, 0.4) is 0 Å². The van der Waals surface area contributed by atoms with Gasteiger partial charge in [-0.2, -0.15) is 4.58 Å². The van der Waals surface area contributed by atoms with Crippen molar-refractivity contribution in [3.8, 4) is 0 Å². The largest absolute Gasteiger partial charge is 0.410 e. The third kappa shape index (κ3) is 1.11. The van der Waals surface area contributed by atoms with Gasteiger partial charge in [0.05, 0.1) is 5.57 Å². The molecule has 0 aromatic rings. The second-order valence-electron chi connectivity index (χ2n) is 2.71. The predicted molar refractivity (Wildman–Crippen MR) is 43.3 cm³/mol. The van der Waals surface area contributed by atoms with Crippen LogP contribution in [0.25, 0.3) is 0 Å². The molecule has 0 saturated heterocycles. The lowest BCUT2D eigenvalue weighted by Crippen LogP contribution is -2.11. The summed E-state index contributed by atoms with van der Waals surface area (Å²) in [6.45, 7) is 0. The van der Waals surface area contributed by atoms with Crippen molar-refractivity contribution >= 4 is 6.40 Å². The standard InChI is InChI=1S/C9H10NO/c1-10-6-8-4-2-3-5-9(8)11-7-10/h2-3,5-7H,4H2,1H3/q+1. The Labute approximate surface area is 65.8 Å². The number of fused-ring (bicyclic) bond motifs is 1. The topological polar surface area (TPSA) is 12.2 Å². The number of allylic oxidation sites excluding steroid dienone is 4. The molecule has 2 rings (SSSR count). The zero-order valence-corrected chi connectivity index (χ0v) is 6.45. The molecule has 0 radical (unpaired) electrons. The second-order valence-corrected chi connectivity index (χ2v) is 2.71. The van der Waals surface area contributed by atoms with Crippen molar-refractivity contribution < 1.29 is 9.31 Å². The Morgan fingerprint density at radius 2 is 2.45 bits per heavy atom. The number of rotatable bonds is 0. The van der Waals surface area contributed by atoms with Crippen molar-refractivity contribution in [3.63, 3.8) is 0 Å². The average molecular weight is 148 g/mol. The van der Waals surface area contributed by atoms with Gasteiger partial charge in [-0.3, -0.25) is 0 Å². The molecule has 0 fully saturated rings. The van der Waals surface area contributed by atoms with Crippen LogP contribution in [0.1, 0.15) is 6.42 Å². The molecule has 1 aliphatic carbocycles. The second kappa shape index (κ2) is 2.38. The summed E-state index contributed by atoms with van der Waals surface area (Å²) in [6.07, 6.45) is 10.9. The highest BCUT2D eigenvalue weighted by molar-refractivity contribution is 5.50. The monoisotopic (exact) mass is 148 g/mol. The van der Waals surface area contributed by atoms with E-state index in [1.807, 2.05) is 23.8 Å². The van der Waals surface area contributed by atoms with Gasteiger partial charge in [-0.1, -0.05) is 12.2 Å². The fourth-order valence-corrected chi connectivity index (χ4v) is 1.21. The number of nitrogens with zero attached hydrogens (tertiary/aromatic N) is 1. The Hall–Kier alpha value is -1.31. The summed E-state index contributed by atoms with van der Waals surface area (Å²) in [6, 6.07) is 0. The van der Waals surface area contributed by atoms with Crippen LogP contribution in [0.15, 0.2) is 35.8 Å². The van der Waals surface area contributed by atoms with Crippen molar-refractivity contribution in [2.24, 2.45) is 0 Å². The molecule has 0 saturated carbocycles. The van der Waals surface area contributed by atoms with Gasteiger partial charge in [-0.25, -0.2) is 0 Å². The summed E-state index contributed by atoms with van der Waals surface area (Å²) in [5, 5.41) is 0. The summed E-state index contributed by atoms with van der Waals surface area (Å²) in [7, 11) is 1.96. The Balaban J connectivity index is 2.36. The van der Waals surface area contributed by atoms with Crippen molar-refractivity contribution in [1.82, 2.24) is 0 Å². The fourth-order valence-electron chi connectivity index (χ4n) is 1.21. The van der Waals surface area contributed by atoms with Gasteiger partial charge in [0.2, 0.25) is 0 Å². The predicted octanol–water partition coefficient (Wildman–Crippen LogP) is 1.41. The molecule has 0 aromatic carbocycles. The van der Waals surface area contributed by atoms with E-state index < -0.39 is 0 Å².